The summed E-state index contributed by atoms with van der Waals surface area (Å²) in [4.78, 5) is 47.6. The number of thioether (sulfide) groups is 1. The molecule has 0 atom stereocenters. The Morgan fingerprint density at radius 3 is 2.75 bits per heavy atom. The summed E-state index contributed by atoms with van der Waals surface area (Å²) in [5.41, 5.74) is 1.99. The fourth-order valence-electron chi connectivity index (χ4n) is 2.67. The highest BCUT2D eigenvalue weighted by Gasteiger charge is 2.35. The maximum atomic E-state index is 12.4. The van der Waals surface area contributed by atoms with Gasteiger partial charge < -0.3 is 5.32 Å². The van der Waals surface area contributed by atoms with E-state index in [1.54, 1.807) is 36.7 Å². The Morgan fingerprint density at radius 2 is 1.96 bits per heavy atom. The van der Waals surface area contributed by atoms with E-state index in [1.165, 1.54) is 11.3 Å². The van der Waals surface area contributed by atoms with Crippen molar-refractivity contribution in [3.63, 3.8) is 0 Å². The Kier molecular flexibility index (Phi) is 5.18. The van der Waals surface area contributed by atoms with Crippen molar-refractivity contribution >= 4 is 62.9 Å². The molecule has 0 spiro atoms. The van der Waals surface area contributed by atoms with Gasteiger partial charge in [0.25, 0.3) is 11.1 Å². The standard InChI is InChI=1S/C19H14N4O3S2/c24-17(22-12-3-4-14-15(10-12)21-7-6-20-14)5-8-23-18(25)16(28-19(23)26)11-13-2-1-9-27-13/h1-4,6-7,9-11H,5,8H2,(H,22,24)/b16-11+. The van der Waals surface area contributed by atoms with Crippen LogP contribution in [-0.4, -0.2) is 38.5 Å². The molecule has 2 aromatic heterocycles. The van der Waals surface area contributed by atoms with Gasteiger partial charge in [-0.25, -0.2) is 0 Å². The van der Waals surface area contributed by atoms with Gasteiger partial charge in [0.2, 0.25) is 5.91 Å². The third-order valence-corrected chi connectivity index (χ3v) is 5.73. The molecule has 3 amide bonds. The van der Waals surface area contributed by atoms with Crippen LogP contribution in [0.5, 0.6) is 0 Å². The van der Waals surface area contributed by atoms with E-state index < -0.39 is 0 Å². The molecule has 0 bridgehead atoms. The summed E-state index contributed by atoms with van der Waals surface area (Å²) in [6.07, 6.45) is 4.90. The van der Waals surface area contributed by atoms with Crippen molar-refractivity contribution in [3.05, 3.63) is 57.9 Å². The van der Waals surface area contributed by atoms with E-state index in [0.29, 0.717) is 16.1 Å². The first kappa shape index (κ1) is 18.3. The summed E-state index contributed by atoms with van der Waals surface area (Å²) in [6, 6.07) is 8.98. The lowest BCUT2D eigenvalue weighted by atomic mass is 10.2. The minimum atomic E-state index is -0.364. The fraction of sp³-hybridized carbons (Fsp3) is 0.105. The van der Waals surface area contributed by atoms with Gasteiger partial charge in [0, 0.05) is 35.9 Å². The monoisotopic (exact) mass is 410 g/mol. The molecule has 0 saturated carbocycles. The van der Waals surface area contributed by atoms with Crippen LogP contribution in [0.25, 0.3) is 17.1 Å². The first-order chi connectivity index (χ1) is 13.6. The highest BCUT2D eigenvalue weighted by Crippen LogP contribution is 2.33. The Balaban J connectivity index is 1.37. The van der Waals surface area contributed by atoms with E-state index >= 15 is 0 Å². The van der Waals surface area contributed by atoms with Crippen LogP contribution in [0, 0.1) is 0 Å². The fourth-order valence-corrected chi connectivity index (χ4v) is 4.26. The van der Waals surface area contributed by atoms with E-state index in [-0.39, 0.29) is 30.0 Å². The molecule has 3 aromatic rings. The number of thiophene rings is 1. The van der Waals surface area contributed by atoms with Crippen LogP contribution < -0.4 is 5.32 Å². The lowest BCUT2D eigenvalue weighted by Crippen LogP contribution is -2.31. The first-order valence-electron chi connectivity index (χ1n) is 8.40. The molecule has 4 rings (SSSR count). The molecule has 1 N–H and O–H groups in total. The number of carbonyl (C=O) groups is 3. The van der Waals surface area contributed by atoms with Crippen molar-refractivity contribution in [1.29, 1.82) is 0 Å². The van der Waals surface area contributed by atoms with Gasteiger partial charge in [-0.3, -0.25) is 29.3 Å². The number of carbonyl (C=O) groups excluding carboxylic acids is 3. The van der Waals surface area contributed by atoms with Gasteiger partial charge in [0.1, 0.15) is 0 Å². The van der Waals surface area contributed by atoms with Crippen LogP contribution in [0.3, 0.4) is 0 Å². The zero-order valence-electron chi connectivity index (χ0n) is 14.5. The Morgan fingerprint density at radius 1 is 1.14 bits per heavy atom. The van der Waals surface area contributed by atoms with Crippen LogP contribution >= 0.6 is 23.1 Å². The van der Waals surface area contributed by atoms with Gasteiger partial charge >= 0.3 is 0 Å². The predicted molar refractivity (Wildman–Crippen MR) is 110 cm³/mol. The summed E-state index contributed by atoms with van der Waals surface area (Å²) in [7, 11) is 0. The number of fused-ring (bicyclic) bond motifs is 1. The molecule has 9 heteroatoms. The highest BCUT2D eigenvalue weighted by atomic mass is 32.2. The molecule has 0 radical (unpaired) electrons. The average Bonchev–Trinajstić information content (AvgIpc) is 3.29. The molecule has 0 unspecified atom stereocenters. The second-order valence-corrected chi connectivity index (χ2v) is 7.88. The van der Waals surface area contributed by atoms with Crippen molar-refractivity contribution < 1.29 is 14.4 Å². The molecule has 1 aromatic carbocycles. The van der Waals surface area contributed by atoms with Crippen LogP contribution in [-0.2, 0) is 9.59 Å². The number of anilines is 1. The number of amides is 3. The Hall–Kier alpha value is -3.04. The molecular weight excluding hydrogens is 396 g/mol. The van der Waals surface area contributed by atoms with Gasteiger partial charge in [0.15, 0.2) is 0 Å². The van der Waals surface area contributed by atoms with E-state index in [2.05, 4.69) is 15.3 Å². The molecule has 3 heterocycles. The normalized spacial score (nSPS) is 15.6. The lowest BCUT2D eigenvalue weighted by molar-refractivity contribution is -0.123. The van der Waals surface area contributed by atoms with Crippen LogP contribution in [0.4, 0.5) is 10.5 Å². The van der Waals surface area contributed by atoms with Crippen molar-refractivity contribution in [2.75, 3.05) is 11.9 Å². The third-order valence-electron chi connectivity index (χ3n) is 4.01. The maximum Gasteiger partial charge on any atom is 0.293 e. The van der Waals surface area contributed by atoms with Gasteiger partial charge in [-0.15, -0.1) is 11.3 Å². The highest BCUT2D eigenvalue weighted by molar-refractivity contribution is 8.18. The summed E-state index contributed by atoms with van der Waals surface area (Å²) in [6.45, 7) is 0.0334. The predicted octanol–water partition coefficient (Wildman–Crippen LogP) is 3.76. The Labute approximate surface area is 168 Å². The molecule has 140 valence electrons. The van der Waals surface area contributed by atoms with Crippen LogP contribution in [0.15, 0.2) is 53.0 Å². The van der Waals surface area contributed by atoms with Gasteiger partial charge in [-0.2, -0.15) is 0 Å². The van der Waals surface area contributed by atoms with Gasteiger partial charge in [-0.05, 0) is 47.5 Å². The molecule has 1 aliphatic rings. The average molecular weight is 410 g/mol. The van der Waals surface area contributed by atoms with E-state index in [4.69, 9.17) is 0 Å². The second kappa shape index (κ2) is 7.91. The molecule has 28 heavy (non-hydrogen) atoms. The zero-order chi connectivity index (χ0) is 19.5. The van der Waals surface area contributed by atoms with Crippen LogP contribution in [0.2, 0.25) is 0 Å². The van der Waals surface area contributed by atoms with E-state index in [1.807, 2.05) is 17.5 Å². The number of nitrogens with zero attached hydrogens (tertiary/aromatic N) is 3. The molecule has 1 aliphatic heterocycles. The third kappa shape index (κ3) is 3.95. The molecular formula is C19H14N4O3S2. The molecule has 0 aliphatic carbocycles. The number of benzene rings is 1. The van der Waals surface area contributed by atoms with Crippen LogP contribution in [0.1, 0.15) is 11.3 Å². The van der Waals surface area contributed by atoms with Gasteiger partial charge in [0.05, 0.1) is 15.9 Å². The smallest absolute Gasteiger partial charge is 0.293 e. The number of rotatable bonds is 5. The van der Waals surface area contributed by atoms with Crippen molar-refractivity contribution in [3.8, 4) is 0 Å². The number of hydrogen-bond donors (Lipinski definition) is 1. The first-order valence-corrected chi connectivity index (χ1v) is 10.1. The summed E-state index contributed by atoms with van der Waals surface area (Å²) >= 11 is 2.38. The largest absolute Gasteiger partial charge is 0.326 e. The van der Waals surface area contributed by atoms with Gasteiger partial charge in [-0.1, -0.05) is 6.07 Å². The molecule has 1 saturated heterocycles. The SMILES string of the molecule is O=C(CCN1C(=O)S/C(=C/c2cccs2)C1=O)Nc1ccc2nccnc2c1. The Bertz CT molecular complexity index is 1100. The molecule has 7 nitrogen and oxygen atoms in total. The van der Waals surface area contributed by atoms with E-state index in [0.717, 1.165) is 27.1 Å². The number of hydrogen-bond acceptors (Lipinski definition) is 7. The maximum absolute atomic E-state index is 12.4. The zero-order valence-corrected chi connectivity index (χ0v) is 16.1. The molecule has 1 fully saturated rings. The van der Waals surface area contributed by atoms with Crippen molar-refractivity contribution in [2.45, 2.75) is 6.42 Å². The number of aromatic nitrogens is 2. The van der Waals surface area contributed by atoms with E-state index in [9.17, 15) is 14.4 Å². The minimum absolute atomic E-state index is 0.0167. The summed E-state index contributed by atoms with van der Waals surface area (Å²) < 4.78 is 0. The summed E-state index contributed by atoms with van der Waals surface area (Å²) in [5, 5.41) is 4.30. The van der Waals surface area contributed by atoms with Crippen molar-refractivity contribution in [2.24, 2.45) is 0 Å². The summed E-state index contributed by atoms with van der Waals surface area (Å²) in [5.74, 6) is -0.651. The minimum Gasteiger partial charge on any atom is -0.326 e. The lowest BCUT2D eigenvalue weighted by Gasteiger charge is -2.12. The quantitative estimate of drug-likeness (QED) is 0.644. The second-order valence-electron chi connectivity index (χ2n) is 5.91. The van der Waals surface area contributed by atoms with Crippen molar-refractivity contribution in [1.82, 2.24) is 14.9 Å². The number of nitrogens with one attached hydrogen (secondary N) is 1. The number of imide groups is 1. The topological polar surface area (TPSA) is 92.3 Å².